The van der Waals surface area contributed by atoms with Gasteiger partial charge in [0.05, 0.1) is 16.8 Å². The minimum atomic E-state index is -0.0185. The molecule has 26 heavy (non-hydrogen) atoms. The van der Waals surface area contributed by atoms with Crippen molar-refractivity contribution < 1.29 is 4.79 Å². The molecule has 1 aromatic heterocycles. The largest absolute Gasteiger partial charge is 0.365 e. The molecule has 138 valence electrons. The Morgan fingerprint density at radius 3 is 2.96 bits per heavy atom. The van der Waals surface area contributed by atoms with Crippen LogP contribution in [-0.2, 0) is 4.79 Å². The molecule has 4 nitrogen and oxygen atoms in total. The average Bonchev–Trinajstić information content (AvgIpc) is 3.29. The molecule has 0 radical (unpaired) electrons. The van der Waals surface area contributed by atoms with Crippen LogP contribution in [0, 0.1) is 11.8 Å². The Balaban J connectivity index is 1.82. The van der Waals surface area contributed by atoms with E-state index in [0.717, 1.165) is 35.8 Å². The minimum Gasteiger partial charge on any atom is -0.365 e. The van der Waals surface area contributed by atoms with Crippen LogP contribution in [-0.4, -0.2) is 27.9 Å². The zero-order valence-electron chi connectivity index (χ0n) is 15.7. The number of fused-ring (bicyclic) bond motifs is 1. The first-order valence-corrected chi connectivity index (χ1v) is 9.69. The summed E-state index contributed by atoms with van der Waals surface area (Å²) in [6, 6.07) is 3.97. The summed E-state index contributed by atoms with van der Waals surface area (Å²) in [7, 11) is 0. The molecule has 0 spiro atoms. The fraction of sp³-hybridized carbons (Fsp3) is 0.476. The number of halogens is 1. The summed E-state index contributed by atoms with van der Waals surface area (Å²) in [4.78, 5) is 23.1. The molecule has 2 heterocycles. The highest BCUT2D eigenvalue weighted by atomic mass is 35.5. The Kier molecular flexibility index (Phi) is 5.92. The molecular weight excluding hydrogens is 346 g/mol. The summed E-state index contributed by atoms with van der Waals surface area (Å²) in [5.41, 5.74) is 2.49. The van der Waals surface area contributed by atoms with Gasteiger partial charge in [-0.2, -0.15) is 0 Å². The number of ketones is 1. The van der Waals surface area contributed by atoms with Crippen LogP contribution in [0.2, 0.25) is 5.02 Å². The van der Waals surface area contributed by atoms with Crippen LogP contribution < -0.4 is 0 Å². The lowest BCUT2D eigenvalue weighted by Crippen LogP contribution is -2.26. The average molecular weight is 372 g/mol. The van der Waals surface area contributed by atoms with Crippen LogP contribution in [0.4, 0.5) is 0 Å². The van der Waals surface area contributed by atoms with Crippen molar-refractivity contribution in [1.82, 2.24) is 9.88 Å². The van der Waals surface area contributed by atoms with Crippen molar-refractivity contribution in [3.8, 4) is 0 Å². The van der Waals surface area contributed by atoms with Crippen LogP contribution in [0.25, 0.3) is 0 Å². The number of unbranched alkanes of at least 4 members (excludes halogenated alkanes) is 1. The van der Waals surface area contributed by atoms with Gasteiger partial charge < -0.3 is 4.90 Å². The molecular formula is C21H26ClN3O. The van der Waals surface area contributed by atoms with Gasteiger partial charge in [-0.05, 0) is 49.8 Å². The number of aliphatic imine (C=N–C) groups is 1. The molecule has 0 aromatic carbocycles. The molecule has 0 N–H and O–H groups in total. The fourth-order valence-electron chi connectivity index (χ4n) is 3.64. The number of Topliss-reactive ketones (excluding diaryl/α,β-unsaturated/α-hetero) is 1. The number of carbonyl (C=O) groups excluding carboxylic acids is 1. The highest BCUT2D eigenvalue weighted by Crippen LogP contribution is 2.57. The van der Waals surface area contributed by atoms with Crippen LogP contribution in [0.5, 0.6) is 0 Å². The number of allylic oxidation sites excluding steroid dienone is 3. The molecule has 5 heteroatoms. The van der Waals surface area contributed by atoms with E-state index in [1.165, 1.54) is 6.42 Å². The van der Waals surface area contributed by atoms with E-state index in [-0.39, 0.29) is 11.8 Å². The molecule has 0 amide bonds. The maximum atomic E-state index is 11.8. The van der Waals surface area contributed by atoms with E-state index in [0.29, 0.717) is 17.5 Å². The summed E-state index contributed by atoms with van der Waals surface area (Å²) >= 11 is 6.41. The number of hydrogen-bond acceptors (Lipinski definition) is 4. The predicted molar refractivity (Wildman–Crippen MR) is 106 cm³/mol. The molecule has 0 bridgehead atoms. The molecule has 1 aliphatic carbocycles. The summed E-state index contributed by atoms with van der Waals surface area (Å²) in [6.07, 6.45) is 10.7. The quantitative estimate of drug-likeness (QED) is 0.635. The van der Waals surface area contributed by atoms with Crippen LogP contribution in [0.3, 0.4) is 0 Å². The first kappa shape index (κ1) is 18.8. The van der Waals surface area contributed by atoms with Crippen LogP contribution in [0.1, 0.15) is 51.8 Å². The van der Waals surface area contributed by atoms with Crippen molar-refractivity contribution >= 4 is 23.1 Å². The lowest BCUT2D eigenvalue weighted by Gasteiger charge is -2.30. The third-order valence-electron chi connectivity index (χ3n) is 5.15. The number of nitrogens with zero attached hydrogens (tertiary/aromatic N) is 3. The number of likely N-dealkylation sites (tertiary alicyclic amines) is 1. The molecule has 1 saturated heterocycles. The molecule has 1 aliphatic heterocycles. The SMILES string of the molecule is CCC/C=C/C(=N/C=C(\C)N1CC2CC2C1c1ncccc1Cl)C(C)=O. The molecule has 1 aromatic rings. The lowest BCUT2D eigenvalue weighted by molar-refractivity contribution is -0.111. The third kappa shape index (κ3) is 4.07. The minimum absolute atomic E-state index is 0.0185. The maximum absolute atomic E-state index is 11.8. The third-order valence-corrected chi connectivity index (χ3v) is 5.47. The molecule has 3 unspecified atom stereocenters. The highest BCUT2D eigenvalue weighted by molar-refractivity contribution is 6.43. The van der Waals surface area contributed by atoms with E-state index in [2.05, 4.69) is 21.8 Å². The van der Waals surface area contributed by atoms with Gasteiger partial charge in [-0.1, -0.05) is 31.0 Å². The van der Waals surface area contributed by atoms with Gasteiger partial charge in [-0.3, -0.25) is 14.8 Å². The monoisotopic (exact) mass is 371 g/mol. The number of rotatable bonds is 7. The van der Waals surface area contributed by atoms with Crippen molar-refractivity contribution in [2.24, 2.45) is 16.8 Å². The second kappa shape index (κ2) is 8.17. The van der Waals surface area contributed by atoms with E-state index < -0.39 is 0 Å². The van der Waals surface area contributed by atoms with E-state index >= 15 is 0 Å². The number of hydrogen-bond donors (Lipinski definition) is 0. The van der Waals surface area contributed by atoms with E-state index in [9.17, 15) is 4.79 Å². The van der Waals surface area contributed by atoms with Gasteiger partial charge in [0, 0.05) is 31.6 Å². The van der Waals surface area contributed by atoms with Crippen LogP contribution >= 0.6 is 11.6 Å². The van der Waals surface area contributed by atoms with Gasteiger partial charge >= 0.3 is 0 Å². The Labute approximate surface area is 160 Å². The van der Waals surface area contributed by atoms with E-state index in [1.807, 2.05) is 37.4 Å². The summed E-state index contributed by atoms with van der Waals surface area (Å²) in [5, 5.41) is 0.721. The number of pyridine rings is 1. The number of aromatic nitrogens is 1. The Hall–Kier alpha value is -1.94. The van der Waals surface area contributed by atoms with Gasteiger partial charge in [-0.15, -0.1) is 0 Å². The second-order valence-electron chi connectivity index (χ2n) is 7.16. The van der Waals surface area contributed by atoms with E-state index in [1.54, 1.807) is 13.1 Å². The number of piperidine rings is 1. The van der Waals surface area contributed by atoms with Crippen molar-refractivity contribution in [2.45, 2.75) is 46.1 Å². The molecule has 2 fully saturated rings. The van der Waals surface area contributed by atoms with Gasteiger partial charge in [0.25, 0.3) is 0 Å². The normalized spacial score (nSPS) is 25.7. The molecule has 3 rings (SSSR count). The van der Waals surface area contributed by atoms with Crippen LogP contribution in [0.15, 0.2) is 47.4 Å². The van der Waals surface area contributed by atoms with Gasteiger partial charge in [0.1, 0.15) is 5.71 Å². The summed E-state index contributed by atoms with van der Waals surface area (Å²) in [5.74, 6) is 1.31. The zero-order chi connectivity index (χ0) is 18.7. The predicted octanol–water partition coefficient (Wildman–Crippen LogP) is 4.98. The Bertz CT molecular complexity index is 768. The van der Waals surface area contributed by atoms with Crippen molar-refractivity contribution in [1.29, 1.82) is 0 Å². The van der Waals surface area contributed by atoms with Gasteiger partial charge in [0.15, 0.2) is 5.78 Å². The van der Waals surface area contributed by atoms with Crippen molar-refractivity contribution in [3.05, 3.63) is 53.1 Å². The first-order valence-electron chi connectivity index (χ1n) is 9.32. The fourth-order valence-corrected chi connectivity index (χ4v) is 3.88. The van der Waals surface area contributed by atoms with Gasteiger partial charge in [0.2, 0.25) is 0 Å². The van der Waals surface area contributed by atoms with E-state index in [4.69, 9.17) is 11.6 Å². The summed E-state index contributed by atoms with van der Waals surface area (Å²) < 4.78 is 0. The van der Waals surface area contributed by atoms with Crippen molar-refractivity contribution in [3.63, 3.8) is 0 Å². The van der Waals surface area contributed by atoms with Gasteiger partial charge in [-0.25, -0.2) is 0 Å². The smallest absolute Gasteiger partial charge is 0.178 e. The zero-order valence-corrected chi connectivity index (χ0v) is 16.4. The molecule has 1 saturated carbocycles. The standard InChI is InChI=1S/C21H26ClN3O/c1-4-5-6-9-19(15(3)26)24-12-14(2)25-13-16-11-17(16)21(25)20-18(22)8-7-10-23-20/h6-10,12,16-17,21H,4-5,11,13H2,1-3H3/b9-6+,14-12+,24-19-. The highest BCUT2D eigenvalue weighted by Gasteiger charge is 2.54. The number of carbonyl (C=O) groups is 1. The molecule has 3 atom stereocenters. The second-order valence-corrected chi connectivity index (χ2v) is 7.57. The topological polar surface area (TPSA) is 45.6 Å². The lowest BCUT2D eigenvalue weighted by atomic mass is 10.1. The molecule has 2 aliphatic rings. The first-order chi connectivity index (χ1) is 12.5. The Morgan fingerprint density at radius 2 is 2.27 bits per heavy atom. The maximum Gasteiger partial charge on any atom is 0.178 e. The Morgan fingerprint density at radius 1 is 1.46 bits per heavy atom. The van der Waals surface area contributed by atoms with Crippen molar-refractivity contribution in [2.75, 3.05) is 6.54 Å². The summed E-state index contributed by atoms with van der Waals surface area (Å²) in [6.45, 7) is 6.72.